The van der Waals surface area contributed by atoms with Crippen molar-refractivity contribution >= 4 is 22.8 Å². The molecule has 140 valence electrons. The van der Waals surface area contributed by atoms with Gasteiger partial charge in [-0.25, -0.2) is 4.68 Å². The fraction of sp³-hybridized carbons (Fsp3) is 0.421. The maximum atomic E-state index is 12.7. The Morgan fingerprint density at radius 3 is 2.85 bits per heavy atom. The summed E-state index contributed by atoms with van der Waals surface area (Å²) in [5, 5.41) is 15.8. The predicted octanol–water partition coefficient (Wildman–Crippen LogP) is 1.62. The molecule has 2 N–H and O–H groups in total. The normalized spacial score (nSPS) is 20.9. The number of carbonyl (C=O) groups is 1. The minimum atomic E-state index is 0.000738. The molecule has 1 unspecified atom stereocenters. The highest BCUT2D eigenvalue weighted by Gasteiger charge is 2.38. The van der Waals surface area contributed by atoms with Crippen LogP contribution in [-0.2, 0) is 16.6 Å². The van der Waals surface area contributed by atoms with Crippen LogP contribution in [0.5, 0.6) is 0 Å². The lowest BCUT2D eigenvalue weighted by molar-refractivity contribution is -0.126. The third kappa shape index (κ3) is 2.81. The molecule has 2 aromatic heterocycles. The molecule has 27 heavy (non-hydrogen) atoms. The number of aryl methyl sites for hydroxylation is 1. The number of aromatic nitrogens is 4. The van der Waals surface area contributed by atoms with Crippen LogP contribution in [0.15, 0.2) is 30.3 Å². The molecule has 0 saturated carbocycles. The number of amides is 1. The van der Waals surface area contributed by atoms with Crippen molar-refractivity contribution in [2.24, 2.45) is 13.0 Å². The molecule has 3 aromatic rings. The van der Waals surface area contributed by atoms with E-state index in [0.29, 0.717) is 11.9 Å². The highest BCUT2D eigenvalue weighted by Crippen LogP contribution is 2.32. The van der Waals surface area contributed by atoms with E-state index in [1.807, 2.05) is 37.4 Å². The Bertz CT molecular complexity index is 967. The van der Waals surface area contributed by atoms with Gasteiger partial charge in [0.15, 0.2) is 5.65 Å². The fourth-order valence-electron chi connectivity index (χ4n) is 3.94. The van der Waals surface area contributed by atoms with Crippen LogP contribution in [0.1, 0.15) is 6.42 Å². The molecule has 2 saturated heterocycles. The minimum absolute atomic E-state index is 0.000738. The molecule has 0 bridgehead atoms. The lowest BCUT2D eigenvalue weighted by Crippen LogP contribution is -2.56. The molecule has 4 heterocycles. The predicted molar refractivity (Wildman–Crippen MR) is 101 cm³/mol. The van der Waals surface area contributed by atoms with Crippen molar-refractivity contribution in [2.45, 2.75) is 12.5 Å². The zero-order chi connectivity index (χ0) is 18.4. The minimum Gasteiger partial charge on any atom is -0.380 e. The molecule has 1 amide bonds. The number of hydrogen-bond acceptors (Lipinski definition) is 5. The van der Waals surface area contributed by atoms with E-state index < -0.39 is 0 Å². The van der Waals surface area contributed by atoms with E-state index in [1.165, 1.54) is 0 Å². The number of fused-ring (bicyclic) bond motifs is 1. The van der Waals surface area contributed by atoms with Crippen molar-refractivity contribution in [3.63, 3.8) is 0 Å². The second-order valence-corrected chi connectivity index (χ2v) is 7.29. The van der Waals surface area contributed by atoms with Gasteiger partial charge in [0.2, 0.25) is 5.91 Å². The van der Waals surface area contributed by atoms with E-state index >= 15 is 0 Å². The number of H-pyrrole nitrogens is 1. The first-order valence-electron chi connectivity index (χ1n) is 9.30. The number of carbonyl (C=O) groups excluding carboxylic acids is 1. The first kappa shape index (κ1) is 16.5. The molecule has 1 atom stereocenters. The molecule has 2 aliphatic rings. The Morgan fingerprint density at radius 2 is 2.11 bits per heavy atom. The summed E-state index contributed by atoms with van der Waals surface area (Å²) in [7, 11) is 1.86. The van der Waals surface area contributed by atoms with Crippen LogP contribution >= 0.6 is 0 Å². The van der Waals surface area contributed by atoms with Crippen molar-refractivity contribution in [3.05, 3.63) is 30.3 Å². The number of rotatable bonds is 4. The number of hydrogen-bond donors (Lipinski definition) is 2. The molecule has 8 nitrogen and oxygen atoms in total. The number of benzene rings is 1. The summed E-state index contributed by atoms with van der Waals surface area (Å²) in [5.41, 5.74) is 2.54. The van der Waals surface area contributed by atoms with Crippen LogP contribution in [0.2, 0.25) is 0 Å². The summed E-state index contributed by atoms with van der Waals surface area (Å²) in [6.07, 6.45) is 1.06. The average Bonchev–Trinajstić information content (AvgIpc) is 3.35. The summed E-state index contributed by atoms with van der Waals surface area (Å²) in [6.45, 7) is 3.19. The van der Waals surface area contributed by atoms with Gasteiger partial charge in [-0.1, -0.05) is 30.3 Å². The largest absolute Gasteiger partial charge is 0.380 e. The maximum absolute atomic E-state index is 12.7. The van der Waals surface area contributed by atoms with E-state index in [0.717, 1.165) is 55.0 Å². The summed E-state index contributed by atoms with van der Waals surface area (Å²) < 4.78 is 7.17. The molecular formula is C19H22N6O2. The fourth-order valence-corrected chi connectivity index (χ4v) is 3.94. The second kappa shape index (κ2) is 6.47. The highest BCUT2D eigenvalue weighted by molar-refractivity contribution is 6.05. The first-order valence-corrected chi connectivity index (χ1v) is 9.30. The number of nitrogens with one attached hydrogen (secondary N) is 2. The van der Waals surface area contributed by atoms with Crippen molar-refractivity contribution < 1.29 is 9.53 Å². The lowest BCUT2D eigenvalue weighted by atomic mass is 9.96. The summed E-state index contributed by atoms with van der Waals surface area (Å²) >= 11 is 0. The van der Waals surface area contributed by atoms with Gasteiger partial charge in [0.1, 0.15) is 11.5 Å². The lowest BCUT2D eigenvalue weighted by Gasteiger charge is -2.41. The van der Waals surface area contributed by atoms with E-state index in [9.17, 15) is 4.79 Å². The van der Waals surface area contributed by atoms with Crippen LogP contribution in [0.3, 0.4) is 0 Å². The van der Waals surface area contributed by atoms with Crippen molar-refractivity contribution in [3.8, 4) is 11.3 Å². The number of anilines is 1. The molecule has 0 radical (unpaired) electrons. The van der Waals surface area contributed by atoms with Crippen LogP contribution in [0, 0.1) is 5.92 Å². The SMILES string of the molecule is Cn1nc(-c2ccccc2)c2c(NC(=O)C3CN(C4CCOC4)C3)[nH]nc21. The Morgan fingerprint density at radius 1 is 1.30 bits per heavy atom. The van der Waals surface area contributed by atoms with Crippen molar-refractivity contribution in [2.75, 3.05) is 31.6 Å². The number of nitrogens with zero attached hydrogens (tertiary/aromatic N) is 4. The Labute approximate surface area is 156 Å². The molecule has 0 aliphatic carbocycles. The zero-order valence-corrected chi connectivity index (χ0v) is 15.2. The first-order chi connectivity index (χ1) is 13.2. The van der Waals surface area contributed by atoms with Gasteiger partial charge in [-0.15, -0.1) is 0 Å². The average molecular weight is 366 g/mol. The van der Waals surface area contributed by atoms with E-state index in [4.69, 9.17) is 4.74 Å². The molecule has 5 rings (SSSR count). The van der Waals surface area contributed by atoms with Crippen LogP contribution in [0.25, 0.3) is 22.3 Å². The Balaban J connectivity index is 1.36. The zero-order valence-electron chi connectivity index (χ0n) is 15.2. The van der Waals surface area contributed by atoms with Gasteiger partial charge in [0.05, 0.1) is 17.9 Å². The maximum Gasteiger partial charge on any atom is 0.231 e. The van der Waals surface area contributed by atoms with Gasteiger partial charge >= 0.3 is 0 Å². The number of aromatic amines is 1. The summed E-state index contributed by atoms with van der Waals surface area (Å²) in [4.78, 5) is 15.0. The van der Waals surface area contributed by atoms with Gasteiger partial charge in [-0.3, -0.25) is 14.8 Å². The quantitative estimate of drug-likeness (QED) is 0.733. The van der Waals surface area contributed by atoms with E-state index in [-0.39, 0.29) is 11.8 Å². The molecule has 1 aromatic carbocycles. The van der Waals surface area contributed by atoms with Gasteiger partial charge in [0, 0.05) is 38.3 Å². The molecule has 2 fully saturated rings. The standard InChI is InChI=1S/C19H22N6O2/c1-24-18-15(16(23-24)12-5-3-2-4-6-12)17(21-22-18)20-19(26)13-9-25(10-13)14-7-8-27-11-14/h2-6,13-14H,7-11H2,1H3,(H2,20,21,22,26). The molecular weight excluding hydrogens is 344 g/mol. The van der Waals surface area contributed by atoms with Crippen molar-refractivity contribution in [1.82, 2.24) is 24.9 Å². The number of ether oxygens (including phenoxy) is 1. The molecule has 8 heteroatoms. The van der Waals surface area contributed by atoms with Crippen LogP contribution in [0.4, 0.5) is 5.82 Å². The Kier molecular flexibility index (Phi) is 3.95. The van der Waals surface area contributed by atoms with Crippen molar-refractivity contribution in [1.29, 1.82) is 0 Å². The van der Waals surface area contributed by atoms with E-state index in [2.05, 4.69) is 25.5 Å². The van der Waals surface area contributed by atoms with Crippen LogP contribution < -0.4 is 5.32 Å². The van der Waals surface area contributed by atoms with Crippen LogP contribution in [-0.4, -0.2) is 63.1 Å². The Hall–Kier alpha value is -2.71. The van der Waals surface area contributed by atoms with Gasteiger partial charge in [-0.05, 0) is 6.42 Å². The van der Waals surface area contributed by atoms with E-state index in [1.54, 1.807) is 4.68 Å². The number of likely N-dealkylation sites (tertiary alicyclic amines) is 1. The van der Waals surface area contributed by atoms with Gasteiger partial charge in [-0.2, -0.15) is 10.2 Å². The molecule has 2 aliphatic heterocycles. The second-order valence-electron chi connectivity index (χ2n) is 7.29. The third-order valence-electron chi connectivity index (χ3n) is 5.54. The highest BCUT2D eigenvalue weighted by atomic mass is 16.5. The third-order valence-corrected chi connectivity index (χ3v) is 5.54. The smallest absolute Gasteiger partial charge is 0.231 e. The summed E-state index contributed by atoms with van der Waals surface area (Å²) in [5.74, 6) is 0.643. The van der Waals surface area contributed by atoms with Gasteiger partial charge < -0.3 is 10.1 Å². The molecule has 0 spiro atoms. The topological polar surface area (TPSA) is 88.1 Å². The monoisotopic (exact) mass is 366 g/mol. The van der Waals surface area contributed by atoms with Gasteiger partial charge in [0.25, 0.3) is 0 Å². The summed E-state index contributed by atoms with van der Waals surface area (Å²) in [6, 6.07) is 10.4.